The topological polar surface area (TPSA) is 101 Å². The number of carboxylic acid groups (broad SMARTS) is 1. The molecule has 0 aliphatic carbocycles. The molecule has 0 aromatic heterocycles. The Morgan fingerprint density at radius 2 is 1.63 bits per heavy atom. The molecule has 0 saturated heterocycles. The third-order valence-corrected chi connectivity index (χ3v) is 4.24. The lowest BCUT2D eigenvalue weighted by Crippen LogP contribution is -2.31. The number of esters is 1. The second kappa shape index (κ2) is 8.33. The van der Waals surface area contributed by atoms with Crippen molar-refractivity contribution in [2.45, 2.75) is 52.1 Å². The second-order valence-electron chi connectivity index (χ2n) is 7.63. The van der Waals surface area contributed by atoms with Gasteiger partial charge in [-0.3, -0.25) is 24.1 Å². The summed E-state index contributed by atoms with van der Waals surface area (Å²) in [7, 11) is 0. The van der Waals surface area contributed by atoms with Crippen LogP contribution in [0.1, 0.15) is 67.2 Å². The van der Waals surface area contributed by atoms with Crippen LogP contribution in [0.5, 0.6) is 0 Å². The predicted octanol–water partition coefficient (Wildman–Crippen LogP) is 2.89. The zero-order valence-electron chi connectivity index (χ0n) is 15.9. The van der Waals surface area contributed by atoms with Crippen LogP contribution in [0.25, 0.3) is 0 Å². The highest BCUT2D eigenvalue weighted by molar-refractivity contribution is 6.21. The van der Waals surface area contributed by atoms with Gasteiger partial charge in [0, 0.05) is 6.54 Å². The van der Waals surface area contributed by atoms with Gasteiger partial charge >= 0.3 is 11.9 Å². The monoisotopic (exact) mass is 375 g/mol. The first-order chi connectivity index (χ1) is 12.6. The number of rotatable bonds is 8. The highest BCUT2D eigenvalue weighted by Gasteiger charge is 2.34. The number of fused-ring (bicyclic) bond motifs is 1. The molecule has 1 atom stereocenters. The van der Waals surface area contributed by atoms with E-state index in [4.69, 9.17) is 4.74 Å². The second-order valence-corrected chi connectivity index (χ2v) is 7.63. The van der Waals surface area contributed by atoms with E-state index < -0.39 is 23.5 Å². The summed E-state index contributed by atoms with van der Waals surface area (Å²) in [6.45, 7) is 5.40. The maximum Gasteiger partial charge on any atom is 0.307 e. The fourth-order valence-corrected chi connectivity index (χ4v) is 3.00. The maximum atomic E-state index is 12.3. The molecule has 0 fully saturated rings. The van der Waals surface area contributed by atoms with E-state index >= 15 is 0 Å². The minimum absolute atomic E-state index is 0.195. The van der Waals surface area contributed by atoms with Crippen LogP contribution >= 0.6 is 0 Å². The number of ether oxygens (including phenoxy) is 1. The van der Waals surface area contributed by atoms with Crippen molar-refractivity contribution in [3.8, 4) is 0 Å². The molecule has 1 aliphatic rings. The van der Waals surface area contributed by atoms with Crippen molar-refractivity contribution in [3.05, 3.63) is 35.4 Å². The standard InChI is InChI=1S/C20H25NO6/c1-20(2,3)27-16(22)12-13(19(25)26)8-6-7-11-21-17(23)14-9-4-5-10-15(14)18(21)24/h4-5,9-10,13H,6-8,11-12H2,1-3H3,(H,25,26)/t13-/m1/s1. The van der Waals surface area contributed by atoms with Gasteiger partial charge in [-0.2, -0.15) is 0 Å². The van der Waals surface area contributed by atoms with Crippen molar-refractivity contribution in [2.24, 2.45) is 5.92 Å². The Balaban J connectivity index is 1.83. The fraction of sp³-hybridized carbons (Fsp3) is 0.500. The number of carbonyl (C=O) groups is 4. The Morgan fingerprint density at radius 1 is 1.07 bits per heavy atom. The van der Waals surface area contributed by atoms with E-state index in [2.05, 4.69) is 0 Å². The Kier molecular flexibility index (Phi) is 6.36. The van der Waals surface area contributed by atoms with Gasteiger partial charge in [0.15, 0.2) is 0 Å². The summed E-state index contributed by atoms with van der Waals surface area (Å²) in [5, 5.41) is 9.31. The molecule has 2 amide bonds. The SMILES string of the molecule is CC(C)(C)OC(=O)C[C@@H](CCCCN1C(=O)c2ccccc2C1=O)C(=O)O. The highest BCUT2D eigenvalue weighted by Crippen LogP contribution is 2.23. The summed E-state index contributed by atoms with van der Waals surface area (Å²) >= 11 is 0. The molecule has 1 aliphatic heterocycles. The van der Waals surface area contributed by atoms with Crippen LogP contribution in [0.4, 0.5) is 0 Å². The molecule has 0 bridgehead atoms. The van der Waals surface area contributed by atoms with Crippen molar-refractivity contribution in [2.75, 3.05) is 6.54 Å². The Morgan fingerprint density at radius 3 is 2.11 bits per heavy atom. The number of carbonyl (C=O) groups excluding carboxylic acids is 3. The highest BCUT2D eigenvalue weighted by atomic mass is 16.6. The third-order valence-electron chi connectivity index (χ3n) is 4.24. The molecule has 27 heavy (non-hydrogen) atoms. The van der Waals surface area contributed by atoms with Gasteiger partial charge in [0.2, 0.25) is 0 Å². The number of aliphatic carboxylic acids is 1. The van der Waals surface area contributed by atoms with E-state index in [0.717, 1.165) is 0 Å². The number of nitrogens with zero attached hydrogens (tertiary/aromatic N) is 1. The minimum Gasteiger partial charge on any atom is -0.481 e. The van der Waals surface area contributed by atoms with Gasteiger partial charge in [-0.15, -0.1) is 0 Å². The lowest BCUT2D eigenvalue weighted by atomic mass is 9.98. The summed E-state index contributed by atoms with van der Waals surface area (Å²) in [4.78, 5) is 49.0. The van der Waals surface area contributed by atoms with Gasteiger partial charge in [-0.05, 0) is 45.7 Å². The molecule has 2 rings (SSSR count). The summed E-state index contributed by atoms with van der Waals surface area (Å²) in [6.07, 6.45) is 1.04. The van der Waals surface area contributed by atoms with E-state index in [1.165, 1.54) is 4.90 Å². The van der Waals surface area contributed by atoms with E-state index in [0.29, 0.717) is 24.0 Å². The molecular formula is C20H25NO6. The number of hydrogen-bond acceptors (Lipinski definition) is 5. The van der Waals surface area contributed by atoms with Crippen molar-refractivity contribution in [1.82, 2.24) is 4.90 Å². The average molecular weight is 375 g/mol. The van der Waals surface area contributed by atoms with Crippen molar-refractivity contribution in [3.63, 3.8) is 0 Å². The molecule has 0 spiro atoms. The normalized spacial score (nSPS) is 14.9. The molecular weight excluding hydrogens is 350 g/mol. The van der Waals surface area contributed by atoms with Gasteiger partial charge in [0.05, 0.1) is 23.5 Å². The summed E-state index contributed by atoms with van der Waals surface area (Å²) in [5.41, 5.74) is 0.137. The summed E-state index contributed by atoms with van der Waals surface area (Å²) in [5.74, 6) is -3.09. The molecule has 0 unspecified atom stereocenters. The van der Waals surface area contributed by atoms with E-state index in [1.807, 2.05) is 0 Å². The molecule has 1 N–H and O–H groups in total. The van der Waals surface area contributed by atoms with Gasteiger partial charge < -0.3 is 9.84 Å². The van der Waals surface area contributed by atoms with E-state index in [9.17, 15) is 24.3 Å². The number of amides is 2. The van der Waals surface area contributed by atoms with Crippen molar-refractivity contribution in [1.29, 1.82) is 0 Å². The first kappa shape index (κ1) is 20.6. The average Bonchev–Trinajstić information content (AvgIpc) is 2.80. The maximum absolute atomic E-state index is 12.3. The number of carboxylic acids is 1. The molecule has 7 heteroatoms. The van der Waals surface area contributed by atoms with Crippen LogP contribution in [0, 0.1) is 5.92 Å². The van der Waals surface area contributed by atoms with E-state index in [-0.39, 0.29) is 31.2 Å². The fourth-order valence-electron chi connectivity index (χ4n) is 3.00. The first-order valence-corrected chi connectivity index (χ1v) is 9.00. The molecule has 1 aromatic rings. The van der Waals surface area contributed by atoms with Crippen LogP contribution in [-0.2, 0) is 14.3 Å². The van der Waals surface area contributed by atoms with Crippen LogP contribution in [0.2, 0.25) is 0 Å². The van der Waals surface area contributed by atoms with Gasteiger partial charge in [0.1, 0.15) is 5.60 Å². The molecule has 146 valence electrons. The number of hydrogen-bond donors (Lipinski definition) is 1. The number of benzene rings is 1. The summed E-state index contributed by atoms with van der Waals surface area (Å²) < 4.78 is 5.17. The smallest absolute Gasteiger partial charge is 0.307 e. The van der Waals surface area contributed by atoms with Crippen LogP contribution in [-0.4, -0.2) is 45.9 Å². The van der Waals surface area contributed by atoms with Gasteiger partial charge in [0.25, 0.3) is 11.8 Å². The quantitative estimate of drug-likeness (QED) is 0.426. The largest absolute Gasteiger partial charge is 0.481 e. The predicted molar refractivity (Wildman–Crippen MR) is 97.2 cm³/mol. The molecule has 7 nitrogen and oxygen atoms in total. The van der Waals surface area contributed by atoms with Gasteiger partial charge in [-0.1, -0.05) is 18.6 Å². The van der Waals surface area contributed by atoms with Crippen LogP contribution in [0.15, 0.2) is 24.3 Å². The molecule has 0 radical (unpaired) electrons. The minimum atomic E-state index is -1.05. The third kappa shape index (κ3) is 5.39. The molecule has 0 saturated carbocycles. The van der Waals surface area contributed by atoms with Crippen LogP contribution in [0.3, 0.4) is 0 Å². The Hall–Kier alpha value is -2.70. The molecule has 1 heterocycles. The first-order valence-electron chi connectivity index (χ1n) is 9.00. The van der Waals surface area contributed by atoms with E-state index in [1.54, 1.807) is 45.0 Å². The van der Waals surface area contributed by atoms with Crippen molar-refractivity contribution < 1.29 is 29.0 Å². The Labute approximate surface area is 158 Å². The number of imide groups is 1. The van der Waals surface area contributed by atoms with Crippen LogP contribution < -0.4 is 0 Å². The van der Waals surface area contributed by atoms with Crippen molar-refractivity contribution >= 4 is 23.8 Å². The zero-order valence-corrected chi connectivity index (χ0v) is 15.9. The zero-order chi connectivity index (χ0) is 20.2. The molecule has 1 aromatic carbocycles. The summed E-state index contributed by atoms with van der Waals surface area (Å²) in [6, 6.07) is 6.66. The lowest BCUT2D eigenvalue weighted by molar-refractivity contribution is -0.160. The van der Waals surface area contributed by atoms with Gasteiger partial charge in [-0.25, -0.2) is 0 Å². The lowest BCUT2D eigenvalue weighted by Gasteiger charge is -2.21. The number of unbranched alkanes of at least 4 members (excludes halogenated alkanes) is 1. The Bertz CT molecular complexity index is 714.